The van der Waals surface area contributed by atoms with Gasteiger partial charge in [-0.25, -0.2) is 24.4 Å². The minimum Gasteiger partial charge on any atom is -0.383 e. The van der Waals surface area contributed by atoms with Crippen molar-refractivity contribution in [2.45, 2.75) is 24.9 Å². The second-order valence-electron chi connectivity index (χ2n) is 5.47. The minimum atomic E-state index is -5.65. The third kappa shape index (κ3) is 8.48. The third-order valence-corrected chi connectivity index (χ3v) is 7.14. The molecule has 167 valence electrons. The molecule has 8 N–H and O–H groups in total. The van der Waals surface area contributed by atoms with Crippen LogP contribution in [0.25, 0.3) is 0 Å². The zero-order valence-electron chi connectivity index (χ0n) is 15.2. The Kier molecular flexibility index (Phi) is 10.0. The summed E-state index contributed by atoms with van der Waals surface area (Å²) >= 11 is 0. The molecule has 21 heteroatoms. The van der Waals surface area contributed by atoms with Crippen molar-refractivity contribution in [1.29, 1.82) is 0 Å². The largest absolute Gasteiger partial charge is 0.490 e. The van der Waals surface area contributed by atoms with Gasteiger partial charge in [0, 0.05) is 42.2 Å². The summed E-state index contributed by atoms with van der Waals surface area (Å²) in [5, 5.41) is 0. The molecule has 1 aliphatic rings. The van der Waals surface area contributed by atoms with Gasteiger partial charge in [-0.2, -0.15) is 13.6 Å². The Morgan fingerprint density at radius 3 is 2.37 bits per heavy atom. The number of hydrogen-bond acceptors (Lipinski definition) is 12. The second-order valence-corrected chi connectivity index (χ2v) is 9.89. The molecule has 17 nitrogen and oxygen atoms in total. The first-order chi connectivity index (χ1) is 13.2. The molecule has 0 bridgehead atoms. The van der Waals surface area contributed by atoms with Gasteiger partial charge >= 0.3 is 29.2 Å². The molecule has 5 unspecified atom stereocenters. The Bertz CT molecular complexity index is 939. The molecule has 0 aromatic carbocycles. The molecule has 30 heavy (non-hydrogen) atoms. The van der Waals surface area contributed by atoms with Gasteiger partial charge in [0.05, 0.1) is 6.61 Å². The molecule has 0 spiro atoms. The summed E-state index contributed by atoms with van der Waals surface area (Å²) in [4.78, 5) is 55.5. The first-order valence-electron chi connectivity index (χ1n) is 7.35. The molecule has 5 atom stereocenters. The molecule has 0 saturated carbocycles. The monoisotopic (exact) mass is 505 g/mol. The molecule has 0 amide bonds. The van der Waals surface area contributed by atoms with Crippen molar-refractivity contribution >= 4 is 58.8 Å². The van der Waals surface area contributed by atoms with Crippen LogP contribution in [0.5, 0.6) is 0 Å². The van der Waals surface area contributed by atoms with Gasteiger partial charge in [-0.05, 0) is 6.07 Å². The fourth-order valence-electron chi connectivity index (χ4n) is 2.28. The summed E-state index contributed by atoms with van der Waals surface area (Å²) in [6.07, 6.45) is -1.78. The van der Waals surface area contributed by atoms with Gasteiger partial charge in [0.2, 0.25) is 0 Å². The molecule has 1 fully saturated rings. The Morgan fingerprint density at radius 1 is 1.20 bits per heavy atom. The van der Waals surface area contributed by atoms with E-state index in [0.717, 1.165) is 4.57 Å². The number of ether oxygens (including phenoxy) is 1. The van der Waals surface area contributed by atoms with Crippen molar-refractivity contribution < 1.29 is 56.0 Å². The van der Waals surface area contributed by atoms with E-state index in [1.807, 2.05) is 0 Å². The molecule has 1 aromatic heterocycles. The number of anilines is 1. The van der Waals surface area contributed by atoms with Gasteiger partial charge in [-0.3, -0.25) is 13.9 Å². The van der Waals surface area contributed by atoms with Crippen molar-refractivity contribution in [3.05, 3.63) is 22.7 Å². The Hall–Kier alpha value is -0.0300. The van der Waals surface area contributed by atoms with Gasteiger partial charge in [-0.1, -0.05) is 0 Å². The van der Waals surface area contributed by atoms with Crippen LogP contribution in [0.15, 0.2) is 17.1 Å². The average molecular weight is 505 g/mol. The average Bonchev–Trinajstić information content (AvgIpc) is 2.92. The first kappa shape index (κ1) is 28.0. The van der Waals surface area contributed by atoms with Gasteiger partial charge in [0.15, 0.2) is 0 Å². The fourth-order valence-corrected chi connectivity index (χ4v) is 5.31. The normalized spacial score (nSPS) is 25.8. The topological polar surface area (TPSA) is 265 Å². The smallest absolute Gasteiger partial charge is 0.383 e. The summed E-state index contributed by atoms with van der Waals surface area (Å²) < 4.78 is 51.8. The first-order valence-corrected chi connectivity index (χ1v) is 11.9. The summed E-state index contributed by atoms with van der Waals surface area (Å²) in [6.45, 7) is -0.792. The van der Waals surface area contributed by atoms with Gasteiger partial charge in [0.25, 0.3) is 0 Å². The van der Waals surface area contributed by atoms with E-state index in [1.165, 1.54) is 12.3 Å². The van der Waals surface area contributed by atoms with Crippen LogP contribution in [0.1, 0.15) is 12.6 Å². The van der Waals surface area contributed by atoms with Gasteiger partial charge < -0.3 is 30.0 Å². The van der Waals surface area contributed by atoms with Crippen LogP contribution in [-0.4, -0.2) is 77.5 Å². The molecular weight excluding hydrogens is 488 g/mol. The number of nitrogen functional groups attached to an aromatic ring is 1. The van der Waals surface area contributed by atoms with Crippen LogP contribution in [0.2, 0.25) is 0 Å². The maximum atomic E-state index is 11.9. The number of rotatable bonds is 9. The molecule has 1 aromatic rings. The Morgan fingerprint density at radius 2 is 1.83 bits per heavy atom. The molecule has 1 saturated heterocycles. The summed E-state index contributed by atoms with van der Waals surface area (Å²) in [5.74, 6) is 5.10. The van der Waals surface area contributed by atoms with E-state index in [-0.39, 0.29) is 41.8 Å². The number of aromatic nitrogens is 2. The number of nitrogens with two attached hydrogens (primary N) is 2. The van der Waals surface area contributed by atoms with Gasteiger partial charge in [-0.15, -0.1) is 0 Å². The standard InChI is InChI=1S/C9H17N4O13P3.Na/c10-7-1-2-13(9(14)12-7)8-3-5(24-11)6(23-8)4-22-28(18,19)26-29(20,21)25-27(15,16)17;/h1-2,5-6,8H,3-4,11H2,(H,18,19)(H,20,21)(H2,10,12,14)(H2,15,16,17);. The predicted molar refractivity (Wildman–Crippen MR) is 96.1 cm³/mol. The van der Waals surface area contributed by atoms with Crippen molar-refractivity contribution in [3.8, 4) is 0 Å². The number of nitrogens with zero attached hydrogens (tertiary/aromatic N) is 2. The molecule has 0 aliphatic carbocycles. The molecular formula is C9H17N4NaO13P3. The van der Waals surface area contributed by atoms with Crippen LogP contribution >= 0.6 is 23.5 Å². The van der Waals surface area contributed by atoms with Crippen LogP contribution < -0.4 is 17.3 Å². The minimum absolute atomic E-state index is 0. The number of phosphoric acid groups is 3. The van der Waals surface area contributed by atoms with E-state index < -0.39 is 54.2 Å². The molecule has 1 radical (unpaired) electrons. The third-order valence-electron chi connectivity index (χ3n) is 3.33. The SMILES string of the molecule is NOC1CC(n2ccc(N)nc2=O)OC1COP(=O)(O)OP(=O)(O)OP(=O)(O)O.[Na]. The molecule has 2 rings (SSSR count). The Labute approximate surface area is 190 Å². The van der Waals surface area contributed by atoms with Crippen LogP contribution in [-0.2, 0) is 36.4 Å². The molecule has 2 heterocycles. The van der Waals surface area contributed by atoms with Crippen LogP contribution in [0.3, 0.4) is 0 Å². The van der Waals surface area contributed by atoms with Crippen molar-refractivity contribution in [3.63, 3.8) is 0 Å². The molecule has 1 aliphatic heterocycles. The number of phosphoric ester groups is 1. The maximum absolute atomic E-state index is 11.9. The predicted octanol–water partition coefficient (Wildman–Crippen LogP) is -1.67. The fraction of sp³-hybridized carbons (Fsp3) is 0.556. The Balaban J connectivity index is 0.00000450. The zero-order valence-corrected chi connectivity index (χ0v) is 19.8. The second kappa shape index (κ2) is 10.7. The van der Waals surface area contributed by atoms with E-state index in [9.17, 15) is 23.4 Å². The van der Waals surface area contributed by atoms with Gasteiger partial charge in [0.1, 0.15) is 24.3 Å². The van der Waals surface area contributed by atoms with Crippen LogP contribution in [0, 0.1) is 0 Å². The summed E-state index contributed by atoms with van der Waals surface area (Å²) in [5.41, 5.74) is 4.64. The summed E-state index contributed by atoms with van der Waals surface area (Å²) in [7, 11) is -16.5. The summed E-state index contributed by atoms with van der Waals surface area (Å²) in [6, 6.07) is 1.32. The van der Waals surface area contributed by atoms with Crippen molar-refractivity contribution in [2.75, 3.05) is 12.3 Å². The van der Waals surface area contributed by atoms with E-state index >= 15 is 0 Å². The van der Waals surface area contributed by atoms with Crippen molar-refractivity contribution in [2.24, 2.45) is 5.90 Å². The van der Waals surface area contributed by atoms with E-state index in [2.05, 4.69) is 23.0 Å². The van der Waals surface area contributed by atoms with Crippen molar-refractivity contribution in [1.82, 2.24) is 9.55 Å². The maximum Gasteiger partial charge on any atom is 0.490 e. The van der Waals surface area contributed by atoms with Crippen LogP contribution in [0.4, 0.5) is 5.82 Å². The zero-order chi connectivity index (χ0) is 22.0. The number of hydrogen-bond donors (Lipinski definition) is 6. The van der Waals surface area contributed by atoms with E-state index in [4.69, 9.17) is 31.0 Å². The van der Waals surface area contributed by atoms with E-state index in [1.54, 1.807) is 0 Å². The van der Waals surface area contributed by atoms with E-state index in [0.29, 0.717) is 0 Å². The quantitative estimate of drug-likeness (QED) is 0.124.